The largest absolute Gasteiger partial charge is 0.295 e. The van der Waals surface area contributed by atoms with Gasteiger partial charge in [-0.15, -0.1) is 0 Å². The molecule has 0 saturated carbocycles. The molecule has 0 saturated heterocycles. The molecule has 0 N–H and O–H groups in total. The molecule has 0 radical (unpaired) electrons. The van der Waals surface area contributed by atoms with E-state index in [4.69, 9.17) is 0 Å². The number of hydrogen-bond acceptors (Lipinski definition) is 1. The highest BCUT2D eigenvalue weighted by atomic mass is 16.1. The van der Waals surface area contributed by atoms with Gasteiger partial charge in [-0.25, -0.2) is 0 Å². The quantitative estimate of drug-likeness (QED) is 0.629. The predicted molar refractivity (Wildman–Crippen MR) is 66.9 cm³/mol. The fourth-order valence-electron chi connectivity index (χ4n) is 2.65. The van der Waals surface area contributed by atoms with Crippen molar-refractivity contribution in [3.05, 3.63) is 11.6 Å². The lowest BCUT2D eigenvalue weighted by Crippen LogP contribution is -2.21. The standard InChI is InChI=1S/C14H26O/c1-11(8-12(2)15)9-14(6,7)10-13(3,4)5/h8H,9-10H2,1-7H3. The van der Waals surface area contributed by atoms with Crippen molar-refractivity contribution in [1.82, 2.24) is 0 Å². The van der Waals surface area contributed by atoms with Gasteiger partial charge in [0.2, 0.25) is 0 Å². The second-order valence-electron chi connectivity index (χ2n) is 6.68. The Morgan fingerprint density at radius 1 is 1.07 bits per heavy atom. The monoisotopic (exact) mass is 210 g/mol. The van der Waals surface area contributed by atoms with Crippen LogP contribution in [0.4, 0.5) is 0 Å². The molecule has 88 valence electrons. The van der Waals surface area contributed by atoms with Crippen molar-refractivity contribution >= 4 is 5.78 Å². The van der Waals surface area contributed by atoms with E-state index in [2.05, 4.69) is 34.6 Å². The first-order valence-corrected chi connectivity index (χ1v) is 5.70. The minimum atomic E-state index is 0.152. The maximum absolute atomic E-state index is 10.9. The Kier molecular flexibility index (Phi) is 4.76. The average molecular weight is 210 g/mol. The van der Waals surface area contributed by atoms with Gasteiger partial charge in [-0.3, -0.25) is 4.79 Å². The average Bonchev–Trinajstić information content (AvgIpc) is 1.73. The Bertz CT molecular complexity index is 251. The SMILES string of the molecule is CC(=O)C=C(C)CC(C)(C)CC(C)(C)C. The zero-order chi connectivity index (χ0) is 12.3. The molecule has 15 heavy (non-hydrogen) atoms. The Hall–Kier alpha value is -0.590. The van der Waals surface area contributed by atoms with Gasteiger partial charge in [-0.05, 0) is 43.6 Å². The number of carbonyl (C=O) groups is 1. The summed E-state index contributed by atoms with van der Waals surface area (Å²) in [6.07, 6.45) is 3.93. The van der Waals surface area contributed by atoms with Crippen LogP contribution >= 0.6 is 0 Å². The summed E-state index contributed by atoms with van der Waals surface area (Å²) in [6, 6.07) is 0. The summed E-state index contributed by atoms with van der Waals surface area (Å²) in [5.74, 6) is 0.152. The zero-order valence-corrected chi connectivity index (χ0v) is 11.4. The Morgan fingerprint density at radius 2 is 1.53 bits per heavy atom. The van der Waals surface area contributed by atoms with Gasteiger partial charge in [-0.1, -0.05) is 40.2 Å². The van der Waals surface area contributed by atoms with Crippen LogP contribution in [0.2, 0.25) is 0 Å². The smallest absolute Gasteiger partial charge is 0.152 e. The summed E-state index contributed by atoms with van der Waals surface area (Å²) in [7, 11) is 0. The maximum atomic E-state index is 10.9. The van der Waals surface area contributed by atoms with E-state index < -0.39 is 0 Å². The fraction of sp³-hybridized carbons (Fsp3) is 0.786. The van der Waals surface area contributed by atoms with Gasteiger partial charge in [0.25, 0.3) is 0 Å². The summed E-state index contributed by atoms with van der Waals surface area (Å²) in [6.45, 7) is 15.0. The highest BCUT2D eigenvalue weighted by Crippen LogP contribution is 2.37. The zero-order valence-electron chi connectivity index (χ0n) is 11.4. The molecule has 0 aromatic heterocycles. The van der Waals surface area contributed by atoms with Crippen molar-refractivity contribution in [2.75, 3.05) is 0 Å². The van der Waals surface area contributed by atoms with Crippen LogP contribution in [0.15, 0.2) is 11.6 Å². The molecule has 0 atom stereocenters. The number of allylic oxidation sites excluding steroid dienone is 2. The van der Waals surface area contributed by atoms with Gasteiger partial charge < -0.3 is 0 Å². The third-order valence-corrected chi connectivity index (χ3v) is 2.22. The summed E-state index contributed by atoms with van der Waals surface area (Å²) >= 11 is 0. The van der Waals surface area contributed by atoms with Gasteiger partial charge in [-0.2, -0.15) is 0 Å². The third-order valence-electron chi connectivity index (χ3n) is 2.22. The van der Waals surface area contributed by atoms with Crippen LogP contribution in [0.3, 0.4) is 0 Å². The topological polar surface area (TPSA) is 17.1 Å². The van der Waals surface area contributed by atoms with Gasteiger partial charge in [0.1, 0.15) is 0 Å². The van der Waals surface area contributed by atoms with E-state index in [0.717, 1.165) is 6.42 Å². The lowest BCUT2D eigenvalue weighted by molar-refractivity contribution is -0.112. The minimum absolute atomic E-state index is 0.152. The van der Waals surface area contributed by atoms with E-state index in [1.165, 1.54) is 12.0 Å². The van der Waals surface area contributed by atoms with Crippen molar-refractivity contribution in [1.29, 1.82) is 0 Å². The van der Waals surface area contributed by atoms with E-state index in [0.29, 0.717) is 5.41 Å². The molecule has 0 unspecified atom stereocenters. The maximum Gasteiger partial charge on any atom is 0.152 e. The molecule has 0 aliphatic heterocycles. The molecule has 0 amide bonds. The van der Waals surface area contributed by atoms with Crippen LogP contribution in [0.1, 0.15) is 61.3 Å². The Morgan fingerprint density at radius 3 is 1.87 bits per heavy atom. The minimum Gasteiger partial charge on any atom is -0.295 e. The van der Waals surface area contributed by atoms with Crippen molar-refractivity contribution in [3.8, 4) is 0 Å². The fourth-order valence-corrected chi connectivity index (χ4v) is 2.65. The third kappa shape index (κ3) is 8.41. The van der Waals surface area contributed by atoms with Crippen LogP contribution < -0.4 is 0 Å². The lowest BCUT2D eigenvalue weighted by atomic mass is 9.73. The number of hydrogen-bond donors (Lipinski definition) is 0. The second-order valence-corrected chi connectivity index (χ2v) is 6.68. The molecule has 0 spiro atoms. The van der Waals surface area contributed by atoms with Crippen molar-refractivity contribution in [3.63, 3.8) is 0 Å². The lowest BCUT2D eigenvalue weighted by Gasteiger charge is -2.32. The van der Waals surface area contributed by atoms with Crippen LogP contribution in [0, 0.1) is 10.8 Å². The van der Waals surface area contributed by atoms with E-state index in [-0.39, 0.29) is 11.2 Å². The molecule has 0 aliphatic carbocycles. The van der Waals surface area contributed by atoms with Crippen LogP contribution in [0.25, 0.3) is 0 Å². The first-order valence-electron chi connectivity index (χ1n) is 5.70. The summed E-state index contributed by atoms with van der Waals surface area (Å²) < 4.78 is 0. The highest BCUT2D eigenvalue weighted by molar-refractivity contribution is 5.87. The van der Waals surface area contributed by atoms with E-state index in [9.17, 15) is 4.79 Å². The summed E-state index contributed by atoms with van der Waals surface area (Å²) in [5, 5.41) is 0. The van der Waals surface area contributed by atoms with Crippen molar-refractivity contribution in [2.24, 2.45) is 10.8 Å². The number of rotatable bonds is 4. The van der Waals surface area contributed by atoms with Crippen LogP contribution in [-0.2, 0) is 4.79 Å². The molecule has 1 heteroatoms. The molecular formula is C14H26O. The summed E-state index contributed by atoms with van der Waals surface area (Å²) in [4.78, 5) is 10.9. The number of carbonyl (C=O) groups excluding carboxylic acids is 1. The molecule has 0 aromatic carbocycles. The van der Waals surface area contributed by atoms with Crippen molar-refractivity contribution in [2.45, 2.75) is 61.3 Å². The van der Waals surface area contributed by atoms with Gasteiger partial charge >= 0.3 is 0 Å². The summed E-state index contributed by atoms with van der Waals surface area (Å²) in [5.41, 5.74) is 1.81. The Balaban J connectivity index is 4.44. The van der Waals surface area contributed by atoms with Gasteiger partial charge in [0.05, 0.1) is 0 Å². The molecule has 0 rings (SSSR count). The highest BCUT2D eigenvalue weighted by Gasteiger charge is 2.25. The first kappa shape index (κ1) is 14.4. The molecule has 0 heterocycles. The molecule has 0 aliphatic rings. The molecule has 0 aromatic rings. The normalized spacial score (nSPS) is 14.2. The molecule has 0 fully saturated rings. The van der Waals surface area contributed by atoms with E-state index in [1.807, 2.05) is 6.92 Å². The van der Waals surface area contributed by atoms with Gasteiger partial charge in [0.15, 0.2) is 5.78 Å². The van der Waals surface area contributed by atoms with Crippen LogP contribution in [-0.4, -0.2) is 5.78 Å². The first-order chi connectivity index (χ1) is 6.52. The van der Waals surface area contributed by atoms with E-state index in [1.54, 1.807) is 13.0 Å². The Labute approximate surface area is 95.0 Å². The molecule has 0 bridgehead atoms. The van der Waals surface area contributed by atoms with Gasteiger partial charge in [0, 0.05) is 0 Å². The second kappa shape index (κ2) is 4.96. The molecule has 1 nitrogen and oxygen atoms in total. The van der Waals surface area contributed by atoms with Crippen LogP contribution in [0.5, 0.6) is 0 Å². The molecular weight excluding hydrogens is 184 g/mol. The number of ketones is 1. The van der Waals surface area contributed by atoms with E-state index >= 15 is 0 Å². The van der Waals surface area contributed by atoms with Crippen molar-refractivity contribution < 1.29 is 4.79 Å². The predicted octanol–water partition coefficient (Wildman–Crippen LogP) is 4.37.